The summed E-state index contributed by atoms with van der Waals surface area (Å²) in [6, 6.07) is 13.9. The molecule has 4 rings (SSSR count). The topological polar surface area (TPSA) is 68.5 Å². The van der Waals surface area contributed by atoms with E-state index in [9.17, 15) is 9.59 Å². The first-order chi connectivity index (χ1) is 14.4. The van der Waals surface area contributed by atoms with E-state index in [1.807, 2.05) is 13.0 Å². The Balaban J connectivity index is 1.75. The highest BCUT2D eigenvalue weighted by Crippen LogP contribution is 2.41. The van der Waals surface area contributed by atoms with Gasteiger partial charge in [0.2, 0.25) is 0 Å². The molecule has 0 aliphatic heterocycles. The number of benzene rings is 2. The van der Waals surface area contributed by atoms with Crippen LogP contribution in [0.25, 0.3) is 22.1 Å². The van der Waals surface area contributed by atoms with Crippen molar-refractivity contribution in [3.63, 3.8) is 0 Å². The zero-order chi connectivity index (χ0) is 21.4. The highest BCUT2D eigenvalue weighted by Gasteiger charge is 2.26. The first kappa shape index (κ1) is 20.5. The number of furan rings is 1. The van der Waals surface area contributed by atoms with Gasteiger partial charge in [0.25, 0.3) is 5.91 Å². The molecule has 2 aromatic heterocycles. The maximum absolute atomic E-state index is 12.8. The van der Waals surface area contributed by atoms with Gasteiger partial charge in [-0.25, -0.2) is 4.79 Å². The Bertz CT molecular complexity index is 1290. The summed E-state index contributed by atoms with van der Waals surface area (Å²) in [4.78, 5) is 26.3. The lowest BCUT2D eigenvalue weighted by Gasteiger charge is -2.08. The Hall–Kier alpha value is -2.80. The van der Waals surface area contributed by atoms with Gasteiger partial charge in [-0.2, -0.15) is 0 Å². The fraction of sp³-hybridized carbons (Fsp3) is 0.0909. The summed E-state index contributed by atoms with van der Waals surface area (Å²) in [7, 11) is 1.30. The summed E-state index contributed by atoms with van der Waals surface area (Å²) in [5, 5.41) is 4.95. The van der Waals surface area contributed by atoms with Crippen LogP contribution in [0.3, 0.4) is 0 Å². The van der Waals surface area contributed by atoms with E-state index in [1.165, 1.54) is 18.4 Å². The number of carbonyl (C=O) groups is 2. The quantitative estimate of drug-likeness (QED) is 0.340. The minimum atomic E-state index is -0.555. The third-order valence-electron chi connectivity index (χ3n) is 4.52. The van der Waals surface area contributed by atoms with Gasteiger partial charge in [-0.15, -0.1) is 11.3 Å². The molecule has 0 saturated heterocycles. The number of hydrogen-bond acceptors (Lipinski definition) is 5. The summed E-state index contributed by atoms with van der Waals surface area (Å²) in [5.41, 5.74) is 2.24. The van der Waals surface area contributed by atoms with Crippen molar-refractivity contribution in [1.82, 2.24) is 0 Å². The molecule has 0 aliphatic rings. The van der Waals surface area contributed by atoms with Gasteiger partial charge in [0.05, 0.1) is 7.11 Å². The Morgan fingerprint density at radius 3 is 2.57 bits per heavy atom. The molecule has 2 heterocycles. The first-order valence-electron chi connectivity index (χ1n) is 8.85. The van der Waals surface area contributed by atoms with Gasteiger partial charge < -0.3 is 14.5 Å². The third-order valence-corrected chi connectivity index (χ3v) is 6.01. The van der Waals surface area contributed by atoms with Crippen molar-refractivity contribution in [2.45, 2.75) is 6.92 Å². The molecule has 152 valence electrons. The van der Waals surface area contributed by atoms with Gasteiger partial charge in [-0.1, -0.05) is 35.3 Å². The number of thiophene rings is 1. The van der Waals surface area contributed by atoms with Gasteiger partial charge in [0.15, 0.2) is 5.76 Å². The number of hydrogen-bond donors (Lipinski definition) is 1. The van der Waals surface area contributed by atoms with Crippen LogP contribution in [0, 0.1) is 6.92 Å². The normalized spacial score (nSPS) is 10.9. The maximum Gasteiger partial charge on any atom is 0.341 e. The maximum atomic E-state index is 12.8. The second-order valence-electron chi connectivity index (χ2n) is 6.49. The van der Waals surface area contributed by atoms with Crippen LogP contribution in [0.2, 0.25) is 10.0 Å². The minimum Gasteiger partial charge on any atom is -0.465 e. The van der Waals surface area contributed by atoms with Crippen LogP contribution in [0.5, 0.6) is 0 Å². The van der Waals surface area contributed by atoms with Crippen molar-refractivity contribution in [3.8, 4) is 11.1 Å². The molecule has 30 heavy (non-hydrogen) atoms. The highest BCUT2D eigenvalue weighted by molar-refractivity contribution is 7.17. The van der Waals surface area contributed by atoms with E-state index in [4.69, 9.17) is 32.4 Å². The second kappa shape index (κ2) is 8.14. The lowest BCUT2D eigenvalue weighted by atomic mass is 10.0. The number of amides is 1. The molecule has 0 saturated carbocycles. The number of anilines is 1. The summed E-state index contributed by atoms with van der Waals surface area (Å²) < 4.78 is 10.6. The molecule has 1 N–H and O–H groups in total. The Morgan fingerprint density at radius 2 is 1.83 bits per heavy atom. The molecular weight excluding hydrogens is 445 g/mol. The molecule has 0 radical (unpaired) electrons. The predicted octanol–water partition coefficient (Wildman–Crippen LogP) is 6.82. The average molecular weight is 460 g/mol. The van der Waals surface area contributed by atoms with E-state index < -0.39 is 11.9 Å². The average Bonchev–Trinajstić information content (AvgIpc) is 3.27. The van der Waals surface area contributed by atoms with Crippen molar-refractivity contribution < 1.29 is 18.7 Å². The monoisotopic (exact) mass is 459 g/mol. The Labute approximate surface area is 186 Å². The zero-order valence-electron chi connectivity index (χ0n) is 15.9. The summed E-state index contributed by atoms with van der Waals surface area (Å²) >= 11 is 13.4. The van der Waals surface area contributed by atoms with Crippen LogP contribution >= 0.6 is 34.5 Å². The van der Waals surface area contributed by atoms with E-state index in [0.29, 0.717) is 31.6 Å². The van der Waals surface area contributed by atoms with Gasteiger partial charge in [0.1, 0.15) is 16.1 Å². The number of methoxy groups -OCH3 is 1. The molecule has 0 bridgehead atoms. The van der Waals surface area contributed by atoms with Gasteiger partial charge in [-0.05, 0) is 48.9 Å². The molecule has 2 aromatic carbocycles. The molecule has 0 aliphatic carbocycles. The van der Waals surface area contributed by atoms with Crippen molar-refractivity contribution in [3.05, 3.63) is 74.8 Å². The second-order valence-corrected chi connectivity index (χ2v) is 8.58. The van der Waals surface area contributed by atoms with Crippen molar-refractivity contribution in [1.29, 1.82) is 0 Å². The minimum absolute atomic E-state index is 0.110. The van der Waals surface area contributed by atoms with Crippen LogP contribution in [-0.4, -0.2) is 19.0 Å². The van der Waals surface area contributed by atoms with E-state index in [-0.39, 0.29) is 11.3 Å². The number of nitrogens with one attached hydrogen (secondary N) is 1. The SMILES string of the molecule is COC(=O)c1c(NC(=O)c2cc3cc(Cl)ccc3o2)sc(C)c1-c1cccc(Cl)c1. The smallest absolute Gasteiger partial charge is 0.341 e. The van der Waals surface area contributed by atoms with Gasteiger partial charge in [-0.3, -0.25) is 4.79 Å². The molecule has 8 heteroatoms. The van der Waals surface area contributed by atoms with Crippen LogP contribution in [0.1, 0.15) is 25.8 Å². The third kappa shape index (κ3) is 3.81. The summed E-state index contributed by atoms with van der Waals surface area (Å²) in [6.45, 7) is 1.87. The molecular formula is C22H15Cl2NO4S. The van der Waals surface area contributed by atoms with Crippen molar-refractivity contribution >= 4 is 62.4 Å². The van der Waals surface area contributed by atoms with Crippen molar-refractivity contribution in [2.75, 3.05) is 12.4 Å². The number of carbonyl (C=O) groups excluding carboxylic acids is 2. The number of halogens is 2. The summed E-state index contributed by atoms with van der Waals surface area (Å²) in [5.74, 6) is -0.925. The number of aryl methyl sites for hydroxylation is 1. The molecule has 0 atom stereocenters. The Kier molecular flexibility index (Phi) is 5.56. The molecule has 5 nitrogen and oxygen atoms in total. The lowest BCUT2D eigenvalue weighted by Crippen LogP contribution is -2.13. The van der Waals surface area contributed by atoms with E-state index in [0.717, 1.165) is 10.4 Å². The van der Waals surface area contributed by atoms with E-state index in [1.54, 1.807) is 42.5 Å². The molecule has 0 unspecified atom stereocenters. The van der Waals surface area contributed by atoms with E-state index >= 15 is 0 Å². The molecule has 1 amide bonds. The van der Waals surface area contributed by atoms with Crippen LogP contribution in [0.15, 0.2) is 52.9 Å². The van der Waals surface area contributed by atoms with Gasteiger partial charge >= 0.3 is 5.97 Å². The van der Waals surface area contributed by atoms with Crippen LogP contribution in [0.4, 0.5) is 5.00 Å². The molecule has 0 fully saturated rings. The number of fused-ring (bicyclic) bond motifs is 1. The number of esters is 1. The largest absolute Gasteiger partial charge is 0.465 e. The molecule has 0 spiro atoms. The lowest BCUT2D eigenvalue weighted by molar-refractivity contribution is 0.0603. The van der Waals surface area contributed by atoms with Crippen LogP contribution in [-0.2, 0) is 4.74 Å². The number of ether oxygens (including phenoxy) is 1. The zero-order valence-corrected chi connectivity index (χ0v) is 18.2. The van der Waals surface area contributed by atoms with E-state index in [2.05, 4.69) is 5.32 Å². The van der Waals surface area contributed by atoms with Gasteiger partial charge in [0, 0.05) is 25.9 Å². The standard InChI is InChI=1S/C22H15Cl2NO4S/c1-11-18(12-4-3-5-14(23)8-12)19(22(27)28-2)21(30-11)25-20(26)17-10-13-9-15(24)6-7-16(13)29-17/h3-10H,1-2H3,(H,25,26). The fourth-order valence-corrected chi connectivity index (χ4v) is 4.64. The number of rotatable bonds is 4. The molecule has 4 aromatic rings. The van der Waals surface area contributed by atoms with Crippen molar-refractivity contribution in [2.24, 2.45) is 0 Å². The predicted molar refractivity (Wildman–Crippen MR) is 120 cm³/mol. The highest BCUT2D eigenvalue weighted by atomic mass is 35.5. The Morgan fingerprint density at radius 1 is 1.07 bits per heavy atom. The van der Waals surface area contributed by atoms with Crippen LogP contribution < -0.4 is 5.32 Å². The first-order valence-corrected chi connectivity index (χ1v) is 10.4. The fourth-order valence-electron chi connectivity index (χ4n) is 3.21. The summed E-state index contributed by atoms with van der Waals surface area (Å²) in [6.07, 6.45) is 0.